The van der Waals surface area contributed by atoms with Gasteiger partial charge in [-0.05, 0) is 80.7 Å². The molecule has 0 spiro atoms. The molecule has 0 atom stereocenters. The molecule has 2 rings (SSSR count). The molecule has 244 valence electrons. The van der Waals surface area contributed by atoms with Gasteiger partial charge in [0, 0.05) is 12.2 Å². The van der Waals surface area contributed by atoms with Gasteiger partial charge in [0.15, 0.2) is 0 Å². The molecule has 6 nitrogen and oxygen atoms in total. The monoisotopic (exact) mass is 608 g/mol. The van der Waals surface area contributed by atoms with E-state index in [-0.39, 0.29) is 34.9 Å². The van der Waals surface area contributed by atoms with Crippen LogP contribution in [0.5, 0.6) is 11.5 Å². The lowest BCUT2D eigenvalue weighted by Gasteiger charge is -2.28. The van der Waals surface area contributed by atoms with Gasteiger partial charge in [-0.25, -0.2) is 9.59 Å². The number of hydrogen-bond donors (Lipinski definition) is 2. The van der Waals surface area contributed by atoms with Gasteiger partial charge in [-0.15, -0.1) is 0 Å². The van der Waals surface area contributed by atoms with E-state index in [1.807, 2.05) is 24.3 Å². The Labute approximate surface area is 265 Å². The minimum atomic E-state index is -0.591. The molecular formula is C38H56O6. The third kappa shape index (κ3) is 10.7. The Morgan fingerprint density at radius 2 is 0.795 bits per heavy atom. The van der Waals surface area contributed by atoms with Crippen LogP contribution in [0.1, 0.15) is 129 Å². The summed E-state index contributed by atoms with van der Waals surface area (Å²) in [4.78, 5) is 24.3. The Bertz CT molecular complexity index is 1160. The summed E-state index contributed by atoms with van der Waals surface area (Å²) in [5.74, 6) is -0.484. The van der Waals surface area contributed by atoms with Crippen LogP contribution < -0.4 is 0 Å². The van der Waals surface area contributed by atoms with Crippen LogP contribution in [0.4, 0.5) is 0 Å². The van der Waals surface area contributed by atoms with E-state index >= 15 is 0 Å². The number of phenolic OH excluding ortho intramolecular Hbond substituents is 2. The van der Waals surface area contributed by atoms with E-state index in [0.717, 1.165) is 45.5 Å². The highest BCUT2D eigenvalue weighted by atomic mass is 16.5. The Balaban J connectivity index is 1.86. The second-order valence-electron chi connectivity index (χ2n) is 16.0. The van der Waals surface area contributed by atoms with Gasteiger partial charge >= 0.3 is 11.9 Å². The summed E-state index contributed by atoms with van der Waals surface area (Å²) in [6, 6.07) is 8.15. The molecule has 0 fully saturated rings. The lowest BCUT2D eigenvalue weighted by Crippen LogP contribution is -2.18. The third-order valence-electron chi connectivity index (χ3n) is 7.64. The Morgan fingerprint density at radius 3 is 1.02 bits per heavy atom. The van der Waals surface area contributed by atoms with Gasteiger partial charge in [-0.3, -0.25) is 0 Å². The summed E-state index contributed by atoms with van der Waals surface area (Å²) < 4.78 is 10.6. The average molecular weight is 609 g/mol. The molecule has 2 aromatic rings. The van der Waals surface area contributed by atoms with Crippen molar-refractivity contribution in [3.63, 3.8) is 0 Å². The van der Waals surface area contributed by atoms with Crippen LogP contribution in [0.2, 0.25) is 0 Å². The van der Waals surface area contributed by atoms with Crippen LogP contribution >= 0.6 is 0 Å². The van der Waals surface area contributed by atoms with Crippen molar-refractivity contribution >= 4 is 11.9 Å². The van der Waals surface area contributed by atoms with Crippen LogP contribution in [0.3, 0.4) is 0 Å². The van der Waals surface area contributed by atoms with Gasteiger partial charge in [-0.1, -0.05) is 107 Å². The summed E-state index contributed by atoms with van der Waals surface area (Å²) in [6.07, 6.45) is 4.83. The van der Waals surface area contributed by atoms with E-state index in [0.29, 0.717) is 37.2 Å². The molecular weight excluding hydrogens is 552 g/mol. The van der Waals surface area contributed by atoms with Gasteiger partial charge in [0.1, 0.15) is 11.5 Å². The van der Waals surface area contributed by atoms with Gasteiger partial charge in [-0.2, -0.15) is 0 Å². The second-order valence-corrected chi connectivity index (χ2v) is 16.0. The molecule has 0 aromatic heterocycles. The topological polar surface area (TPSA) is 93.1 Å². The number of esters is 2. The fourth-order valence-electron chi connectivity index (χ4n) is 5.09. The maximum absolute atomic E-state index is 12.2. The van der Waals surface area contributed by atoms with Crippen molar-refractivity contribution in [1.29, 1.82) is 0 Å². The molecule has 0 saturated carbocycles. The summed E-state index contributed by atoms with van der Waals surface area (Å²) >= 11 is 0. The summed E-state index contributed by atoms with van der Waals surface area (Å²) in [7, 11) is 0. The molecule has 0 aliphatic carbocycles. The van der Waals surface area contributed by atoms with Crippen LogP contribution in [0, 0.1) is 0 Å². The first-order chi connectivity index (χ1) is 20.0. The highest BCUT2D eigenvalue weighted by molar-refractivity contribution is 5.91. The maximum Gasteiger partial charge on any atom is 0.331 e. The van der Waals surface area contributed by atoms with E-state index in [1.54, 1.807) is 0 Å². The minimum absolute atomic E-state index is 0.205. The first-order valence-electron chi connectivity index (χ1n) is 15.8. The van der Waals surface area contributed by atoms with E-state index in [2.05, 4.69) is 83.1 Å². The molecule has 44 heavy (non-hydrogen) atoms. The average Bonchev–Trinajstić information content (AvgIpc) is 2.86. The number of benzene rings is 2. The maximum atomic E-state index is 12.2. The number of ether oxygens (including phenoxy) is 2. The first-order valence-corrected chi connectivity index (χ1v) is 15.8. The Kier molecular flexibility index (Phi) is 11.9. The van der Waals surface area contributed by atoms with Gasteiger partial charge < -0.3 is 19.7 Å². The molecule has 2 aromatic carbocycles. The number of phenols is 2. The second kappa shape index (κ2) is 14.2. The molecule has 0 aliphatic rings. The molecule has 0 amide bonds. The van der Waals surface area contributed by atoms with Crippen LogP contribution in [0.15, 0.2) is 36.4 Å². The quantitative estimate of drug-likeness (QED) is 0.160. The number of carbonyl (C=O) groups is 2. The molecule has 0 unspecified atom stereocenters. The van der Waals surface area contributed by atoms with Gasteiger partial charge in [0.2, 0.25) is 0 Å². The van der Waals surface area contributed by atoms with Crippen LogP contribution in [-0.2, 0) is 53.6 Å². The number of aromatic hydroxyl groups is 2. The van der Waals surface area contributed by atoms with Gasteiger partial charge in [0.05, 0.1) is 13.2 Å². The van der Waals surface area contributed by atoms with Crippen molar-refractivity contribution < 1.29 is 29.3 Å². The highest BCUT2D eigenvalue weighted by Gasteiger charge is 2.27. The van der Waals surface area contributed by atoms with Crippen LogP contribution in [-0.4, -0.2) is 35.4 Å². The van der Waals surface area contributed by atoms with Crippen molar-refractivity contribution in [2.75, 3.05) is 13.2 Å². The smallest absolute Gasteiger partial charge is 0.331 e. The van der Waals surface area contributed by atoms with Crippen molar-refractivity contribution in [2.45, 2.75) is 130 Å². The first kappa shape index (κ1) is 36.9. The Hall–Kier alpha value is -3.28. The van der Waals surface area contributed by atoms with Gasteiger partial charge in [0.25, 0.3) is 0 Å². The fourth-order valence-corrected chi connectivity index (χ4v) is 5.09. The minimum Gasteiger partial charge on any atom is -0.507 e. The predicted molar refractivity (Wildman–Crippen MR) is 179 cm³/mol. The van der Waals surface area contributed by atoms with E-state index in [9.17, 15) is 19.8 Å². The molecule has 0 bridgehead atoms. The number of aryl methyl sites for hydroxylation is 2. The molecule has 0 heterocycles. The molecule has 6 heteroatoms. The highest BCUT2D eigenvalue weighted by Crippen LogP contribution is 2.41. The molecule has 0 aliphatic heterocycles. The molecule has 0 radical (unpaired) electrons. The lowest BCUT2D eigenvalue weighted by molar-refractivity contribution is -0.140. The van der Waals surface area contributed by atoms with Crippen molar-refractivity contribution in [2.24, 2.45) is 0 Å². The molecule has 0 saturated heterocycles. The summed E-state index contributed by atoms with van der Waals surface area (Å²) in [5.41, 5.74) is 4.99. The number of hydrogen-bond acceptors (Lipinski definition) is 6. The summed E-state index contributed by atoms with van der Waals surface area (Å²) in [6.45, 7) is 25.4. The standard InChI is InChI=1S/C38H56O6/c1-35(2,3)27-21-25(22-28(33(27)41)36(4,5)6)15-13-19-43-31(39)17-18-32(40)44-20-14-16-26-23-29(37(7,8)9)34(42)30(24-26)38(10,11)12/h17-18,21-24,41-42H,13-16,19-20H2,1-12H3/b18-17+. The normalized spacial score (nSPS) is 12.9. The summed E-state index contributed by atoms with van der Waals surface area (Å²) in [5, 5.41) is 21.8. The predicted octanol–water partition coefficient (Wildman–Crippen LogP) is 8.50. The van der Waals surface area contributed by atoms with Crippen LogP contribution in [0.25, 0.3) is 0 Å². The number of carbonyl (C=O) groups excluding carboxylic acids is 2. The molecule has 2 N–H and O–H groups in total. The zero-order valence-electron chi connectivity index (χ0n) is 29.2. The third-order valence-corrected chi connectivity index (χ3v) is 7.64. The van der Waals surface area contributed by atoms with Crippen molar-refractivity contribution in [3.05, 3.63) is 69.8 Å². The Morgan fingerprint density at radius 1 is 0.545 bits per heavy atom. The van der Waals surface area contributed by atoms with E-state index < -0.39 is 11.9 Å². The largest absolute Gasteiger partial charge is 0.507 e. The zero-order valence-corrected chi connectivity index (χ0v) is 29.2. The van der Waals surface area contributed by atoms with Crippen molar-refractivity contribution in [1.82, 2.24) is 0 Å². The zero-order chi connectivity index (χ0) is 33.7. The lowest BCUT2D eigenvalue weighted by atomic mass is 9.78. The number of rotatable bonds is 10. The van der Waals surface area contributed by atoms with Crippen molar-refractivity contribution in [3.8, 4) is 11.5 Å². The van der Waals surface area contributed by atoms with E-state index in [4.69, 9.17) is 9.47 Å². The van der Waals surface area contributed by atoms with E-state index in [1.165, 1.54) is 0 Å². The SMILES string of the molecule is CC(C)(C)c1cc(CCCOC(=O)/C=C/C(=O)OCCCc2cc(C(C)(C)C)c(O)c(C(C)(C)C)c2)cc(C(C)(C)C)c1O. The fraction of sp³-hybridized carbons (Fsp3) is 0.579.